The number of fused-ring (bicyclic) bond motifs is 5. The van der Waals surface area contributed by atoms with Crippen LogP contribution in [0.4, 0.5) is 5.69 Å². The lowest BCUT2D eigenvalue weighted by atomic mass is 9.85. The number of aryl methyl sites for hydroxylation is 1. The van der Waals surface area contributed by atoms with E-state index in [1.165, 1.54) is 4.90 Å². The van der Waals surface area contributed by atoms with Crippen molar-refractivity contribution in [2.75, 3.05) is 4.90 Å². The second-order valence-electron chi connectivity index (χ2n) is 7.94. The van der Waals surface area contributed by atoms with Gasteiger partial charge in [0.05, 0.1) is 45.5 Å². The van der Waals surface area contributed by atoms with Crippen molar-refractivity contribution in [1.29, 1.82) is 0 Å². The van der Waals surface area contributed by atoms with Crippen molar-refractivity contribution in [3.63, 3.8) is 0 Å². The smallest absolute Gasteiger partial charge is 0.238 e. The lowest BCUT2D eigenvalue weighted by Crippen LogP contribution is -2.33. The number of allylic oxidation sites excluding steroid dienone is 2. The number of rotatable bonds is 3. The average molecular weight is 416 g/mol. The molecule has 1 aromatic heterocycles. The molecular weight excluding hydrogens is 397 g/mol. The van der Waals surface area contributed by atoms with Crippen LogP contribution in [0.25, 0.3) is 0 Å². The molecule has 1 aromatic carbocycles. The molecule has 2 heterocycles. The van der Waals surface area contributed by atoms with Crippen LogP contribution in [0.1, 0.15) is 23.4 Å². The third-order valence-corrected chi connectivity index (χ3v) is 7.09. The van der Waals surface area contributed by atoms with Crippen molar-refractivity contribution in [2.45, 2.75) is 26.8 Å². The third kappa shape index (κ3) is 2.42. The second kappa shape index (κ2) is 6.19. The molecule has 2 fully saturated rings. The van der Waals surface area contributed by atoms with Gasteiger partial charge in [-0.25, -0.2) is 4.90 Å². The number of carbonyl (C=O) groups excluding carboxylic acids is 2. The molecule has 2 aliphatic carbocycles. The molecule has 0 radical (unpaired) electrons. The quantitative estimate of drug-likeness (QED) is 0.558. The molecule has 0 unspecified atom stereocenters. The fourth-order valence-electron chi connectivity index (χ4n) is 5.10. The Morgan fingerprint density at radius 3 is 2.29 bits per heavy atom. The van der Waals surface area contributed by atoms with Gasteiger partial charge in [-0.2, -0.15) is 5.10 Å². The third-order valence-electron chi connectivity index (χ3n) is 6.35. The molecule has 2 aromatic rings. The van der Waals surface area contributed by atoms with Gasteiger partial charge in [0.1, 0.15) is 0 Å². The van der Waals surface area contributed by atoms with Crippen LogP contribution < -0.4 is 4.90 Å². The van der Waals surface area contributed by atoms with Crippen LogP contribution in [0.3, 0.4) is 0 Å². The first-order valence-corrected chi connectivity index (χ1v) is 10.2. The first-order chi connectivity index (χ1) is 13.4. The highest BCUT2D eigenvalue weighted by atomic mass is 35.5. The fraction of sp³-hybridized carbons (Fsp3) is 0.381. The Kier molecular flexibility index (Phi) is 3.97. The van der Waals surface area contributed by atoms with Gasteiger partial charge in [-0.3, -0.25) is 14.3 Å². The first-order valence-electron chi connectivity index (χ1n) is 9.41. The molecule has 2 amide bonds. The fourth-order valence-corrected chi connectivity index (χ4v) is 5.42. The summed E-state index contributed by atoms with van der Waals surface area (Å²) in [6, 6.07) is 5.45. The van der Waals surface area contributed by atoms with E-state index < -0.39 is 0 Å². The van der Waals surface area contributed by atoms with E-state index in [2.05, 4.69) is 17.3 Å². The molecule has 1 aliphatic heterocycles. The van der Waals surface area contributed by atoms with Gasteiger partial charge in [-0.05, 0) is 49.8 Å². The number of hydrogen-bond donors (Lipinski definition) is 0. The molecule has 7 heteroatoms. The minimum absolute atomic E-state index is 0.0767. The van der Waals surface area contributed by atoms with Crippen molar-refractivity contribution in [1.82, 2.24) is 9.78 Å². The minimum atomic E-state index is -0.209. The predicted octanol–water partition coefficient (Wildman–Crippen LogP) is 4.17. The van der Waals surface area contributed by atoms with E-state index >= 15 is 0 Å². The summed E-state index contributed by atoms with van der Waals surface area (Å²) in [7, 11) is 0. The summed E-state index contributed by atoms with van der Waals surface area (Å²) in [6.07, 6.45) is 5.14. The van der Waals surface area contributed by atoms with Crippen molar-refractivity contribution >= 4 is 40.7 Å². The van der Waals surface area contributed by atoms with Crippen molar-refractivity contribution in [3.8, 4) is 0 Å². The highest BCUT2D eigenvalue weighted by Crippen LogP contribution is 2.53. The maximum atomic E-state index is 13.1. The molecule has 4 atom stereocenters. The van der Waals surface area contributed by atoms with E-state index in [0.717, 1.165) is 17.7 Å². The van der Waals surface area contributed by atoms with Gasteiger partial charge >= 0.3 is 0 Å². The Balaban J connectivity index is 1.49. The van der Waals surface area contributed by atoms with Crippen LogP contribution in [0.2, 0.25) is 10.0 Å². The number of anilines is 1. The van der Waals surface area contributed by atoms with Crippen LogP contribution in [0, 0.1) is 37.5 Å². The van der Waals surface area contributed by atoms with Gasteiger partial charge in [0.2, 0.25) is 11.8 Å². The Morgan fingerprint density at radius 2 is 1.68 bits per heavy atom. The number of benzene rings is 1. The summed E-state index contributed by atoms with van der Waals surface area (Å²) in [5.41, 5.74) is 3.05. The van der Waals surface area contributed by atoms with E-state index in [1.807, 2.05) is 24.6 Å². The Labute approximate surface area is 172 Å². The van der Waals surface area contributed by atoms with E-state index in [9.17, 15) is 9.59 Å². The number of carbonyl (C=O) groups is 2. The van der Waals surface area contributed by atoms with Gasteiger partial charge in [0, 0.05) is 0 Å². The van der Waals surface area contributed by atoms with Gasteiger partial charge in [-0.15, -0.1) is 0 Å². The van der Waals surface area contributed by atoms with Crippen molar-refractivity contribution in [3.05, 3.63) is 57.3 Å². The lowest BCUT2D eigenvalue weighted by molar-refractivity contribution is -0.123. The zero-order valence-corrected chi connectivity index (χ0v) is 17.0. The molecule has 1 saturated heterocycles. The van der Waals surface area contributed by atoms with Crippen molar-refractivity contribution < 1.29 is 9.59 Å². The van der Waals surface area contributed by atoms with E-state index in [-0.39, 0.29) is 35.5 Å². The zero-order chi connectivity index (χ0) is 19.7. The monoisotopic (exact) mass is 415 g/mol. The number of halogens is 2. The number of hydrogen-bond acceptors (Lipinski definition) is 3. The van der Waals surface area contributed by atoms with Crippen LogP contribution in [0.5, 0.6) is 0 Å². The second-order valence-corrected chi connectivity index (χ2v) is 8.75. The highest BCUT2D eigenvalue weighted by Gasteiger charge is 2.60. The largest absolute Gasteiger partial charge is 0.274 e. The van der Waals surface area contributed by atoms with Gasteiger partial charge < -0.3 is 0 Å². The Bertz CT molecular complexity index is 1030. The van der Waals surface area contributed by atoms with E-state index in [0.29, 0.717) is 28.0 Å². The summed E-state index contributed by atoms with van der Waals surface area (Å²) in [5, 5.41) is 5.59. The van der Waals surface area contributed by atoms with Gasteiger partial charge in [-0.1, -0.05) is 41.4 Å². The SMILES string of the molecule is Cc1nn(Cc2ccc(Cl)c(Cl)c2)c(C)c1N1C(=O)[C@@H]2[C@H](C1=O)[C@@H]1C=C[C@H]2C1. The maximum absolute atomic E-state index is 13.1. The molecular formula is C21H19Cl2N3O2. The number of imide groups is 1. The number of amides is 2. The summed E-state index contributed by atoms with van der Waals surface area (Å²) in [4.78, 5) is 27.7. The molecule has 28 heavy (non-hydrogen) atoms. The summed E-state index contributed by atoms with van der Waals surface area (Å²) in [6.45, 7) is 4.23. The Hall–Kier alpha value is -2.11. The summed E-state index contributed by atoms with van der Waals surface area (Å²) < 4.78 is 1.81. The van der Waals surface area contributed by atoms with Crippen molar-refractivity contribution in [2.24, 2.45) is 23.7 Å². The average Bonchev–Trinajstić information content (AvgIpc) is 3.38. The zero-order valence-electron chi connectivity index (χ0n) is 15.5. The summed E-state index contributed by atoms with van der Waals surface area (Å²) >= 11 is 12.1. The predicted molar refractivity (Wildman–Crippen MR) is 107 cm³/mol. The lowest BCUT2D eigenvalue weighted by Gasteiger charge is -2.18. The van der Waals surface area contributed by atoms with Gasteiger partial charge in [0.15, 0.2) is 0 Å². The van der Waals surface area contributed by atoms with E-state index in [1.54, 1.807) is 12.1 Å². The first kappa shape index (κ1) is 18.0. The number of aromatic nitrogens is 2. The molecule has 0 N–H and O–H groups in total. The Morgan fingerprint density at radius 1 is 1.04 bits per heavy atom. The molecule has 5 nitrogen and oxygen atoms in total. The topological polar surface area (TPSA) is 55.2 Å². The standard InChI is InChI=1S/C21H19Cl2N3O2/c1-10-19(11(2)25(24-10)9-12-3-6-15(22)16(23)7-12)26-20(27)17-13-4-5-14(8-13)18(17)21(26)28/h3-7,13-14,17-18H,8-9H2,1-2H3/t13-,14+,17-,18+. The molecule has 3 aliphatic rings. The van der Waals surface area contributed by atoms with E-state index in [4.69, 9.17) is 23.2 Å². The van der Waals surface area contributed by atoms with Crippen LogP contribution >= 0.6 is 23.2 Å². The van der Waals surface area contributed by atoms with Crippen LogP contribution in [-0.4, -0.2) is 21.6 Å². The maximum Gasteiger partial charge on any atom is 0.238 e. The van der Waals surface area contributed by atoms with Crippen LogP contribution in [-0.2, 0) is 16.1 Å². The highest BCUT2D eigenvalue weighted by molar-refractivity contribution is 6.42. The summed E-state index contributed by atoms with van der Waals surface area (Å²) in [5.74, 6) is -0.176. The van der Waals surface area contributed by atoms with Gasteiger partial charge in [0.25, 0.3) is 0 Å². The molecule has 0 spiro atoms. The molecule has 2 bridgehead atoms. The molecule has 144 valence electrons. The molecule has 1 saturated carbocycles. The normalized spacial score (nSPS) is 27.9. The van der Waals surface area contributed by atoms with Crippen LogP contribution in [0.15, 0.2) is 30.4 Å². The minimum Gasteiger partial charge on any atom is -0.274 e. The molecule has 5 rings (SSSR count). The number of nitrogens with zero attached hydrogens (tertiary/aromatic N) is 3.